The number of nitrogens with one attached hydrogen (secondary N) is 1. The summed E-state index contributed by atoms with van der Waals surface area (Å²) in [4.78, 5) is 11.4. The molecule has 0 spiro atoms. The van der Waals surface area contributed by atoms with Crippen LogP contribution in [0.4, 0.5) is 0 Å². The third-order valence-corrected chi connectivity index (χ3v) is 2.69. The van der Waals surface area contributed by atoms with Crippen molar-refractivity contribution in [2.24, 2.45) is 0 Å². The molecular weight excluding hydrogens is 316 g/mol. The van der Waals surface area contributed by atoms with Gasteiger partial charge in [-0.2, -0.15) is 0 Å². The summed E-state index contributed by atoms with van der Waals surface area (Å²) in [5, 5.41) is 12.0. The molecule has 1 aromatic rings. The van der Waals surface area contributed by atoms with Gasteiger partial charge in [0.05, 0.1) is 3.57 Å². The zero-order chi connectivity index (χ0) is 10.6. The molecule has 76 valence electrons. The van der Waals surface area contributed by atoms with E-state index >= 15 is 0 Å². The molecule has 0 aliphatic rings. The molecule has 1 amide bonds. The monoisotopic (exact) mass is 325 g/mol. The van der Waals surface area contributed by atoms with Crippen molar-refractivity contribution in [2.45, 2.75) is 0 Å². The summed E-state index contributed by atoms with van der Waals surface area (Å²) in [5.41, 5.74) is 0.438. The molecule has 0 bridgehead atoms. The zero-order valence-electron chi connectivity index (χ0n) is 7.26. The van der Waals surface area contributed by atoms with Crippen LogP contribution in [0.1, 0.15) is 10.4 Å². The lowest BCUT2D eigenvalue weighted by Gasteiger charge is -2.04. The Bertz CT molecular complexity index is 344. The van der Waals surface area contributed by atoms with E-state index in [1.807, 2.05) is 22.6 Å². The summed E-state index contributed by atoms with van der Waals surface area (Å²) in [6, 6.07) is 4.78. The second kappa shape index (κ2) is 5.41. The van der Waals surface area contributed by atoms with Gasteiger partial charge in [-0.1, -0.05) is 0 Å². The third-order valence-electron chi connectivity index (χ3n) is 1.59. The van der Waals surface area contributed by atoms with E-state index in [0.29, 0.717) is 18.0 Å². The van der Waals surface area contributed by atoms with Gasteiger partial charge in [0, 0.05) is 18.0 Å². The van der Waals surface area contributed by atoms with Crippen LogP contribution >= 0.6 is 34.2 Å². The van der Waals surface area contributed by atoms with Crippen molar-refractivity contribution < 1.29 is 9.90 Å². The maximum absolute atomic E-state index is 11.4. The predicted octanol–water partition coefficient (Wildman–Crippen LogP) is 1.97. The number of aromatic hydroxyl groups is 1. The van der Waals surface area contributed by atoms with Gasteiger partial charge in [0.1, 0.15) is 5.75 Å². The van der Waals surface area contributed by atoms with Crippen LogP contribution in [0.15, 0.2) is 18.2 Å². The Hall–Kier alpha value is -0.490. The summed E-state index contributed by atoms with van der Waals surface area (Å²) in [6.45, 7) is 0.424. The minimum atomic E-state index is -0.225. The standard InChI is InChI=1S/C9H9ClINO2/c10-3-4-12-9(14)6-1-2-7(11)8(13)5-6/h1-2,5,13H,3-4H2,(H,12,14). The number of benzene rings is 1. The van der Waals surface area contributed by atoms with Gasteiger partial charge in [-0.25, -0.2) is 0 Å². The number of phenols is 1. The van der Waals surface area contributed by atoms with Crippen molar-refractivity contribution in [3.63, 3.8) is 0 Å². The first-order chi connectivity index (χ1) is 6.65. The Labute approximate surface area is 101 Å². The van der Waals surface area contributed by atoms with Gasteiger partial charge in [0.15, 0.2) is 0 Å². The van der Waals surface area contributed by atoms with Gasteiger partial charge < -0.3 is 10.4 Å². The number of alkyl halides is 1. The summed E-state index contributed by atoms with van der Waals surface area (Å²) < 4.78 is 0.719. The molecule has 0 aliphatic heterocycles. The van der Waals surface area contributed by atoms with Crippen molar-refractivity contribution in [3.8, 4) is 5.75 Å². The van der Waals surface area contributed by atoms with E-state index in [1.54, 1.807) is 12.1 Å². The Morgan fingerprint density at radius 1 is 1.57 bits per heavy atom. The highest BCUT2D eigenvalue weighted by Crippen LogP contribution is 2.20. The molecule has 2 N–H and O–H groups in total. The molecule has 0 aromatic heterocycles. The molecule has 1 rings (SSSR count). The third kappa shape index (κ3) is 3.02. The Morgan fingerprint density at radius 3 is 2.86 bits per heavy atom. The van der Waals surface area contributed by atoms with Crippen LogP contribution in [0.25, 0.3) is 0 Å². The predicted molar refractivity (Wildman–Crippen MR) is 63.9 cm³/mol. The van der Waals surface area contributed by atoms with Gasteiger partial charge in [0.2, 0.25) is 0 Å². The molecule has 14 heavy (non-hydrogen) atoms. The lowest BCUT2D eigenvalue weighted by Crippen LogP contribution is -2.25. The second-order valence-corrected chi connectivity index (χ2v) is 4.15. The number of phenolic OH excluding ortho intramolecular Hbond substituents is 1. The quantitative estimate of drug-likeness (QED) is 0.659. The minimum Gasteiger partial charge on any atom is -0.507 e. The van der Waals surface area contributed by atoms with Crippen LogP contribution < -0.4 is 5.32 Å². The first kappa shape index (κ1) is 11.6. The van der Waals surface area contributed by atoms with E-state index in [1.165, 1.54) is 6.07 Å². The summed E-state index contributed by atoms with van der Waals surface area (Å²) >= 11 is 7.41. The van der Waals surface area contributed by atoms with Crippen molar-refractivity contribution in [1.29, 1.82) is 0 Å². The molecule has 0 heterocycles. The molecule has 3 nitrogen and oxygen atoms in total. The van der Waals surface area contributed by atoms with E-state index in [2.05, 4.69) is 5.32 Å². The SMILES string of the molecule is O=C(NCCCl)c1ccc(I)c(O)c1. The molecular formula is C9H9ClINO2. The zero-order valence-corrected chi connectivity index (χ0v) is 10.2. The maximum Gasteiger partial charge on any atom is 0.251 e. The molecule has 5 heteroatoms. The van der Waals surface area contributed by atoms with E-state index in [4.69, 9.17) is 11.6 Å². The van der Waals surface area contributed by atoms with Crippen LogP contribution in [-0.4, -0.2) is 23.4 Å². The van der Waals surface area contributed by atoms with E-state index in [-0.39, 0.29) is 11.7 Å². The van der Waals surface area contributed by atoms with Gasteiger partial charge >= 0.3 is 0 Å². The number of amides is 1. The molecule has 0 aliphatic carbocycles. The van der Waals surface area contributed by atoms with Crippen molar-refractivity contribution >= 4 is 40.1 Å². The molecule has 0 saturated carbocycles. The first-order valence-electron chi connectivity index (χ1n) is 3.98. The lowest BCUT2D eigenvalue weighted by molar-refractivity contribution is 0.0955. The topological polar surface area (TPSA) is 49.3 Å². The van der Waals surface area contributed by atoms with Gasteiger partial charge in [-0.3, -0.25) is 4.79 Å². The number of rotatable bonds is 3. The Kier molecular flexibility index (Phi) is 4.47. The lowest BCUT2D eigenvalue weighted by atomic mass is 10.2. The number of halogens is 2. The van der Waals surface area contributed by atoms with Crippen LogP contribution in [0, 0.1) is 3.57 Å². The molecule has 0 radical (unpaired) electrons. The summed E-state index contributed by atoms with van der Waals surface area (Å²) in [5.74, 6) is 0.267. The highest BCUT2D eigenvalue weighted by Gasteiger charge is 2.06. The number of hydrogen-bond donors (Lipinski definition) is 2. The fourth-order valence-corrected chi connectivity index (χ4v) is 1.35. The van der Waals surface area contributed by atoms with Gasteiger partial charge in [-0.15, -0.1) is 11.6 Å². The smallest absolute Gasteiger partial charge is 0.251 e. The molecule has 0 fully saturated rings. The molecule has 1 aromatic carbocycles. The van der Waals surface area contributed by atoms with Crippen LogP contribution in [0.3, 0.4) is 0 Å². The van der Waals surface area contributed by atoms with E-state index in [0.717, 1.165) is 3.57 Å². The fourth-order valence-electron chi connectivity index (χ4n) is 0.917. The van der Waals surface area contributed by atoms with E-state index < -0.39 is 0 Å². The summed E-state index contributed by atoms with van der Waals surface area (Å²) in [6.07, 6.45) is 0. The minimum absolute atomic E-state index is 0.115. The Balaban J connectivity index is 2.76. The molecule has 0 atom stereocenters. The van der Waals surface area contributed by atoms with Crippen molar-refractivity contribution in [1.82, 2.24) is 5.32 Å². The molecule has 0 unspecified atom stereocenters. The van der Waals surface area contributed by atoms with Crippen LogP contribution in [-0.2, 0) is 0 Å². The normalized spacial score (nSPS) is 9.86. The Morgan fingerprint density at radius 2 is 2.29 bits per heavy atom. The maximum atomic E-state index is 11.4. The number of carbonyl (C=O) groups excluding carboxylic acids is 1. The van der Waals surface area contributed by atoms with Crippen molar-refractivity contribution in [2.75, 3.05) is 12.4 Å². The number of carbonyl (C=O) groups is 1. The first-order valence-corrected chi connectivity index (χ1v) is 5.59. The fraction of sp³-hybridized carbons (Fsp3) is 0.222. The van der Waals surface area contributed by atoms with Gasteiger partial charge in [-0.05, 0) is 40.8 Å². The number of hydrogen-bond acceptors (Lipinski definition) is 2. The second-order valence-electron chi connectivity index (χ2n) is 2.61. The van der Waals surface area contributed by atoms with Crippen LogP contribution in [0.2, 0.25) is 0 Å². The average molecular weight is 326 g/mol. The van der Waals surface area contributed by atoms with E-state index in [9.17, 15) is 9.90 Å². The van der Waals surface area contributed by atoms with Gasteiger partial charge in [0.25, 0.3) is 5.91 Å². The summed E-state index contributed by atoms with van der Waals surface area (Å²) in [7, 11) is 0. The highest BCUT2D eigenvalue weighted by molar-refractivity contribution is 14.1. The highest BCUT2D eigenvalue weighted by atomic mass is 127. The van der Waals surface area contributed by atoms with Crippen LogP contribution in [0.5, 0.6) is 5.75 Å². The average Bonchev–Trinajstić information content (AvgIpc) is 2.18. The largest absolute Gasteiger partial charge is 0.507 e. The van der Waals surface area contributed by atoms with Crippen molar-refractivity contribution in [3.05, 3.63) is 27.3 Å². The molecule has 0 saturated heterocycles.